The molecule has 0 saturated heterocycles. The number of aromatic nitrogens is 3. The molecular formula is C9H6Cl2N4OS. The monoisotopic (exact) mass is 288 g/mol. The Balaban J connectivity index is 2.17. The Hall–Kier alpha value is -1.24. The van der Waals surface area contributed by atoms with Gasteiger partial charge in [0, 0.05) is 17.7 Å². The summed E-state index contributed by atoms with van der Waals surface area (Å²) in [6, 6.07) is 1.44. The molecule has 1 N–H and O–H groups in total. The molecule has 0 spiro atoms. The molecule has 1 amide bonds. The predicted molar refractivity (Wildman–Crippen MR) is 66.9 cm³/mol. The molecule has 2 heterocycles. The van der Waals surface area contributed by atoms with Crippen molar-refractivity contribution in [1.82, 2.24) is 14.3 Å². The van der Waals surface area contributed by atoms with Crippen LogP contribution in [0, 0.1) is 6.92 Å². The summed E-state index contributed by atoms with van der Waals surface area (Å²) in [4.78, 5) is 19.6. The van der Waals surface area contributed by atoms with Gasteiger partial charge < -0.3 is 0 Å². The maximum atomic E-state index is 11.8. The second kappa shape index (κ2) is 4.95. The van der Waals surface area contributed by atoms with Gasteiger partial charge in [0.2, 0.25) is 5.13 Å². The number of hydrogen-bond acceptors (Lipinski definition) is 5. The lowest BCUT2D eigenvalue weighted by Crippen LogP contribution is -2.12. The van der Waals surface area contributed by atoms with Crippen molar-refractivity contribution >= 4 is 45.8 Å². The van der Waals surface area contributed by atoms with E-state index < -0.39 is 0 Å². The quantitative estimate of drug-likeness (QED) is 0.863. The van der Waals surface area contributed by atoms with Crippen LogP contribution in [0.2, 0.25) is 10.2 Å². The smallest absolute Gasteiger partial charge is 0.259 e. The molecule has 5 nitrogen and oxygen atoms in total. The number of pyridine rings is 1. The van der Waals surface area contributed by atoms with Crippen LogP contribution >= 0.6 is 34.7 Å². The van der Waals surface area contributed by atoms with E-state index in [-0.39, 0.29) is 16.1 Å². The van der Waals surface area contributed by atoms with Crippen LogP contribution in [0.25, 0.3) is 0 Å². The van der Waals surface area contributed by atoms with E-state index in [1.165, 1.54) is 12.3 Å². The lowest BCUT2D eigenvalue weighted by Gasteiger charge is -2.01. The SMILES string of the molecule is Cc1nsc(NC(=O)c2cnc(Cl)c(Cl)c2)n1. The first-order valence-electron chi connectivity index (χ1n) is 4.49. The summed E-state index contributed by atoms with van der Waals surface area (Å²) >= 11 is 12.5. The zero-order chi connectivity index (χ0) is 12.4. The molecule has 0 aliphatic heterocycles. The predicted octanol–water partition coefficient (Wildman–Crippen LogP) is 2.80. The normalized spacial score (nSPS) is 10.3. The molecule has 0 aliphatic rings. The average molecular weight is 289 g/mol. The topological polar surface area (TPSA) is 67.8 Å². The number of rotatable bonds is 2. The maximum Gasteiger partial charge on any atom is 0.259 e. The van der Waals surface area contributed by atoms with Crippen LogP contribution in [-0.4, -0.2) is 20.2 Å². The molecule has 88 valence electrons. The van der Waals surface area contributed by atoms with E-state index in [1.54, 1.807) is 6.92 Å². The number of halogens is 2. The van der Waals surface area contributed by atoms with E-state index in [2.05, 4.69) is 19.7 Å². The summed E-state index contributed by atoms with van der Waals surface area (Å²) in [7, 11) is 0. The highest BCUT2D eigenvalue weighted by Gasteiger charge is 2.11. The highest BCUT2D eigenvalue weighted by molar-refractivity contribution is 7.09. The number of hydrogen-bond donors (Lipinski definition) is 1. The van der Waals surface area contributed by atoms with Gasteiger partial charge in [0.05, 0.1) is 10.6 Å². The van der Waals surface area contributed by atoms with Gasteiger partial charge in [-0.15, -0.1) is 0 Å². The van der Waals surface area contributed by atoms with Gasteiger partial charge >= 0.3 is 0 Å². The van der Waals surface area contributed by atoms with Crippen molar-refractivity contribution in [2.75, 3.05) is 5.32 Å². The van der Waals surface area contributed by atoms with Crippen molar-refractivity contribution in [1.29, 1.82) is 0 Å². The number of carbonyl (C=O) groups is 1. The van der Waals surface area contributed by atoms with Crippen LogP contribution in [0.4, 0.5) is 5.13 Å². The number of nitrogens with zero attached hydrogens (tertiary/aromatic N) is 3. The minimum absolute atomic E-state index is 0.162. The molecule has 0 aliphatic carbocycles. The van der Waals surface area contributed by atoms with Gasteiger partial charge in [-0.3, -0.25) is 10.1 Å². The maximum absolute atomic E-state index is 11.8. The lowest BCUT2D eigenvalue weighted by atomic mass is 10.3. The molecule has 0 unspecified atom stereocenters. The molecule has 0 aromatic carbocycles. The van der Waals surface area contributed by atoms with Crippen LogP contribution in [0.15, 0.2) is 12.3 Å². The van der Waals surface area contributed by atoms with Gasteiger partial charge in [0.15, 0.2) is 0 Å². The number of amides is 1. The van der Waals surface area contributed by atoms with E-state index in [9.17, 15) is 4.79 Å². The summed E-state index contributed by atoms with van der Waals surface area (Å²) < 4.78 is 3.95. The summed E-state index contributed by atoms with van der Waals surface area (Å²) in [5.74, 6) is 0.254. The highest BCUT2D eigenvalue weighted by Crippen LogP contribution is 2.20. The van der Waals surface area contributed by atoms with E-state index >= 15 is 0 Å². The third-order valence-corrected chi connectivity index (χ3v) is 3.21. The van der Waals surface area contributed by atoms with Gasteiger partial charge in [-0.2, -0.15) is 4.37 Å². The molecule has 0 fully saturated rings. The number of anilines is 1. The van der Waals surface area contributed by atoms with Crippen LogP contribution < -0.4 is 5.32 Å². The third-order valence-electron chi connectivity index (χ3n) is 1.81. The number of aryl methyl sites for hydroxylation is 1. The second-order valence-corrected chi connectivity index (χ2v) is 4.61. The Bertz CT molecular complexity index is 572. The lowest BCUT2D eigenvalue weighted by molar-refractivity contribution is 0.102. The van der Waals surface area contributed by atoms with Crippen LogP contribution in [0.5, 0.6) is 0 Å². The minimum Gasteiger partial charge on any atom is -0.297 e. The Labute approximate surface area is 111 Å². The summed E-state index contributed by atoms with van der Waals surface area (Å²) in [6.07, 6.45) is 1.34. The molecular weight excluding hydrogens is 283 g/mol. The van der Waals surface area contributed by atoms with E-state index in [0.29, 0.717) is 16.5 Å². The summed E-state index contributed by atoms with van der Waals surface area (Å²) in [5, 5.41) is 3.41. The largest absolute Gasteiger partial charge is 0.297 e. The van der Waals surface area contributed by atoms with Crippen molar-refractivity contribution in [2.24, 2.45) is 0 Å². The molecule has 0 bridgehead atoms. The second-order valence-electron chi connectivity index (χ2n) is 3.10. The minimum atomic E-state index is -0.354. The molecule has 2 aromatic rings. The molecule has 0 atom stereocenters. The van der Waals surface area contributed by atoms with Gasteiger partial charge in [-0.1, -0.05) is 23.2 Å². The van der Waals surface area contributed by atoms with E-state index in [4.69, 9.17) is 23.2 Å². The fourth-order valence-electron chi connectivity index (χ4n) is 1.06. The molecule has 8 heteroatoms. The molecule has 2 rings (SSSR count). The summed E-state index contributed by atoms with van der Waals surface area (Å²) in [6.45, 7) is 1.74. The van der Waals surface area contributed by atoms with Gasteiger partial charge in [0.1, 0.15) is 11.0 Å². The molecule has 0 radical (unpaired) electrons. The van der Waals surface area contributed by atoms with E-state index in [0.717, 1.165) is 11.5 Å². The summed E-state index contributed by atoms with van der Waals surface area (Å²) in [5.41, 5.74) is 0.312. The Kier molecular flexibility index (Phi) is 3.56. The fourth-order valence-corrected chi connectivity index (χ4v) is 1.90. The van der Waals surface area contributed by atoms with Crippen molar-refractivity contribution in [3.8, 4) is 0 Å². The van der Waals surface area contributed by atoms with Crippen LogP contribution in [0.1, 0.15) is 16.2 Å². The van der Waals surface area contributed by atoms with Gasteiger partial charge in [0.25, 0.3) is 5.91 Å². The molecule has 17 heavy (non-hydrogen) atoms. The first-order chi connectivity index (χ1) is 8.06. The van der Waals surface area contributed by atoms with Gasteiger partial charge in [-0.25, -0.2) is 9.97 Å². The van der Waals surface area contributed by atoms with Crippen LogP contribution in [0.3, 0.4) is 0 Å². The average Bonchev–Trinajstić information content (AvgIpc) is 2.68. The number of carbonyl (C=O) groups excluding carboxylic acids is 1. The highest BCUT2D eigenvalue weighted by atomic mass is 35.5. The van der Waals surface area contributed by atoms with Gasteiger partial charge in [-0.05, 0) is 13.0 Å². The third kappa shape index (κ3) is 2.91. The first kappa shape index (κ1) is 12.2. The Morgan fingerprint density at radius 2 is 2.24 bits per heavy atom. The van der Waals surface area contributed by atoms with Crippen molar-refractivity contribution in [3.63, 3.8) is 0 Å². The number of nitrogens with one attached hydrogen (secondary N) is 1. The Morgan fingerprint density at radius 3 is 2.82 bits per heavy atom. The van der Waals surface area contributed by atoms with E-state index in [1.807, 2.05) is 0 Å². The molecule has 0 saturated carbocycles. The fraction of sp³-hybridized carbons (Fsp3) is 0.111. The first-order valence-corrected chi connectivity index (χ1v) is 6.02. The van der Waals surface area contributed by atoms with Crippen molar-refractivity contribution < 1.29 is 4.79 Å². The Morgan fingerprint density at radius 1 is 1.47 bits per heavy atom. The zero-order valence-electron chi connectivity index (χ0n) is 8.57. The molecule has 2 aromatic heterocycles. The van der Waals surface area contributed by atoms with Crippen molar-refractivity contribution in [3.05, 3.63) is 33.8 Å². The zero-order valence-corrected chi connectivity index (χ0v) is 10.9. The van der Waals surface area contributed by atoms with Crippen molar-refractivity contribution in [2.45, 2.75) is 6.92 Å². The van der Waals surface area contributed by atoms with Crippen LogP contribution in [-0.2, 0) is 0 Å². The standard InChI is InChI=1S/C9H6Cl2N4OS/c1-4-13-9(17-15-4)14-8(16)5-2-6(10)7(11)12-3-5/h2-3H,1H3,(H,13,14,15,16).